The van der Waals surface area contributed by atoms with Crippen LogP contribution in [0.25, 0.3) is 10.9 Å². The van der Waals surface area contributed by atoms with Crippen molar-refractivity contribution in [2.45, 2.75) is 25.9 Å². The van der Waals surface area contributed by atoms with Crippen LogP contribution in [0.15, 0.2) is 53.3 Å². The number of amides is 2. The summed E-state index contributed by atoms with van der Waals surface area (Å²) >= 11 is 0. The highest BCUT2D eigenvalue weighted by Crippen LogP contribution is 2.23. The summed E-state index contributed by atoms with van der Waals surface area (Å²) in [5, 5.41) is 23.8. The summed E-state index contributed by atoms with van der Waals surface area (Å²) in [4.78, 5) is 51.1. The van der Waals surface area contributed by atoms with E-state index in [4.69, 9.17) is 5.41 Å². The Morgan fingerprint density at radius 1 is 1.14 bits per heavy atom. The smallest absolute Gasteiger partial charge is 0.325 e. The van der Waals surface area contributed by atoms with E-state index in [1.165, 1.54) is 22.6 Å². The topological polar surface area (TPSA) is 154 Å². The molecule has 3 aromatic rings. The third kappa shape index (κ3) is 5.67. The molecule has 0 atom stereocenters. The number of carbonyl (C=O) groups is 3. The predicted molar refractivity (Wildman–Crippen MR) is 138 cm³/mol. The summed E-state index contributed by atoms with van der Waals surface area (Å²) in [6.07, 6.45) is -0.183. The molecule has 0 saturated carbocycles. The maximum atomic E-state index is 13.1. The van der Waals surface area contributed by atoms with Gasteiger partial charge in [0.1, 0.15) is 12.4 Å². The molecule has 0 saturated heterocycles. The van der Waals surface area contributed by atoms with Crippen molar-refractivity contribution >= 4 is 45.9 Å². The second-order valence-corrected chi connectivity index (χ2v) is 8.49. The number of pyridine rings is 1. The van der Waals surface area contributed by atoms with E-state index in [-0.39, 0.29) is 44.4 Å². The summed E-state index contributed by atoms with van der Waals surface area (Å²) in [5.41, 5.74) is 2.74. The van der Waals surface area contributed by atoms with Crippen LogP contribution in [-0.2, 0) is 32.2 Å². The molecule has 37 heavy (non-hydrogen) atoms. The van der Waals surface area contributed by atoms with Gasteiger partial charge in [-0.2, -0.15) is 0 Å². The molecule has 11 heteroatoms. The number of carbonyl (C=O) groups excluding carboxylic acids is 3. The van der Waals surface area contributed by atoms with Crippen molar-refractivity contribution < 1.29 is 24.2 Å². The minimum atomic E-state index is -0.591. The van der Waals surface area contributed by atoms with E-state index in [1.54, 1.807) is 42.5 Å². The summed E-state index contributed by atoms with van der Waals surface area (Å²) in [7, 11) is 1.23. The number of benzene rings is 2. The fraction of sp³-hybridized carbons (Fsp3) is 0.269. The number of hydrogen-bond acceptors (Lipinski definition) is 7. The maximum Gasteiger partial charge on any atom is 0.325 e. The van der Waals surface area contributed by atoms with E-state index in [2.05, 4.69) is 15.4 Å². The van der Waals surface area contributed by atoms with Crippen molar-refractivity contribution in [1.29, 1.82) is 5.41 Å². The van der Waals surface area contributed by atoms with Gasteiger partial charge in [-0.15, -0.1) is 0 Å². The van der Waals surface area contributed by atoms with Gasteiger partial charge in [0.05, 0.1) is 19.2 Å². The minimum Gasteiger partial charge on any atom is -0.468 e. The normalized spacial score (nSPS) is 12.1. The summed E-state index contributed by atoms with van der Waals surface area (Å²) < 4.78 is 5.95. The molecule has 1 aliphatic rings. The number of nitrogens with zero attached hydrogens (tertiary/aromatic N) is 2. The molecule has 2 heterocycles. The van der Waals surface area contributed by atoms with Gasteiger partial charge in [0.2, 0.25) is 11.8 Å². The molecule has 2 amide bonds. The van der Waals surface area contributed by atoms with Crippen molar-refractivity contribution in [3.63, 3.8) is 0 Å². The minimum absolute atomic E-state index is 0.0101. The molecule has 4 N–H and O–H groups in total. The number of aromatic nitrogens is 1. The van der Waals surface area contributed by atoms with Crippen molar-refractivity contribution in [3.05, 3.63) is 70.0 Å². The van der Waals surface area contributed by atoms with Gasteiger partial charge < -0.3 is 25.4 Å². The Balaban J connectivity index is 1.48. The third-order valence-electron chi connectivity index (χ3n) is 6.11. The van der Waals surface area contributed by atoms with Gasteiger partial charge in [0, 0.05) is 48.9 Å². The highest BCUT2D eigenvalue weighted by Gasteiger charge is 2.20. The number of fused-ring (bicyclic) bond motifs is 2. The summed E-state index contributed by atoms with van der Waals surface area (Å²) in [6, 6.07) is 13.2. The van der Waals surface area contributed by atoms with E-state index in [0.717, 1.165) is 11.1 Å². The Kier molecular flexibility index (Phi) is 7.63. The zero-order valence-electron chi connectivity index (χ0n) is 20.2. The molecular weight excluding hydrogens is 478 g/mol. The van der Waals surface area contributed by atoms with Gasteiger partial charge in [-0.25, -0.2) is 0 Å². The lowest BCUT2D eigenvalue weighted by atomic mass is 10.1. The first kappa shape index (κ1) is 25.6. The number of nitrogens with one attached hydrogen (secondary N) is 3. The first-order valence-corrected chi connectivity index (χ1v) is 11.7. The molecule has 0 radical (unpaired) electrons. The number of aliphatic hydroxyl groups excluding tert-OH is 1. The molecule has 192 valence electrons. The Bertz CT molecular complexity index is 1450. The van der Waals surface area contributed by atoms with E-state index in [0.29, 0.717) is 34.7 Å². The van der Waals surface area contributed by atoms with Crippen LogP contribution in [0.3, 0.4) is 0 Å². The van der Waals surface area contributed by atoms with E-state index < -0.39 is 11.5 Å². The van der Waals surface area contributed by atoms with Gasteiger partial charge in [-0.05, 0) is 47.3 Å². The molecule has 0 aliphatic carbocycles. The number of hydrogen-bond donors (Lipinski definition) is 4. The first-order chi connectivity index (χ1) is 17.8. The number of aliphatic hydroxyl groups is 1. The van der Waals surface area contributed by atoms with Gasteiger partial charge in [-0.1, -0.05) is 6.07 Å². The molecule has 4 rings (SSSR count). The average Bonchev–Trinajstić information content (AvgIpc) is 3.26. The van der Waals surface area contributed by atoms with Crippen LogP contribution < -0.4 is 21.1 Å². The zero-order valence-corrected chi connectivity index (χ0v) is 20.2. The number of anilines is 2. The Morgan fingerprint density at radius 2 is 1.92 bits per heavy atom. The number of rotatable bonds is 9. The molecular formula is C26H27N5O6. The highest BCUT2D eigenvalue weighted by molar-refractivity contribution is 6.02. The SMILES string of the molecule is COC(=O)Cn1c(=O)ccc2ccc(N(CCO)C(=O)CCC(=O)Nc3ccc4c(c3)CNC4=N)cc21. The number of amidine groups is 1. The van der Waals surface area contributed by atoms with Crippen LogP contribution >= 0.6 is 0 Å². The molecule has 0 spiro atoms. The fourth-order valence-electron chi connectivity index (χ4n) is 4.22. The van der Waals surface area contributed by atoms with Crippen molar-refractivity contribution in [2.24, 2.45) is 0 Å². The fourth-order valence-corrected chi connectivity index (χ4v) is 4.22. The van der Waals surface area contributed by atoms with Crippen LogP contribution in [-0.4, -0.2) is 53.6 Å². The lowest BCUT2D eigenvalue weighted by Crippen LogP contribution is -2.34. The molecule has 0 unspecified atom stereocenters. The lowest BCUT2D eigenvalue weighted by Gasteiger charge is -2.23. The molecule has 0 fully saturated rings. The monoisotopic (exact) mass is 505 g/mol. The maximum absolute atomic E-state index is 13.1. The number of methoxy groups -OCH3 is 1. The van der Waals surface area contributed by atoms with Crippen LogP contribution in [0.1, 0.15) is 24.0 Å². The molecule has 1 aromatic heterocycles. The molecule has 11 nitrogen and oxygen atoms in total. The van der Waals surface area contributed by atoms with E-state index >= 15 is 0 Å². The van der Waals surface area contributed by atoms with Crippen molar-refractivity contribution in [3.8, 4) is 0 Å². The highest BCUT2D eigenvalue weighted by atomic mass is 16.5. The average molecular weight is 506 g/mol. The van der Waals surface area contributed by atoms with Gasteiger partial charge in [-0.3, -0.25) is 29.2 Å². The summed E-state index contributed by atoms with van der Waals surface area (Å²) in [6.45, 7) is -0.0858. The third-order valence-corrected chi connectivity index (χ3v) is 6.11. The second-order valence-electron chi connectivity index (χ2n) is 8.49. The quantitative estimate of drug-likeness (QED) is 0.320. The Hall–Kier alpha value is -4.51. The number of ether oxygens (including phenoxy) is 1. The van der Waals surface area contributed by atoms with E-state index in [1.807, 2.05) is 0 Å². The second kappa shape index (κ2) is 11.0. The van der Waals surface area contributed by atoms with Crippen LogP contribution in [0.5, 0.6) is 0 Å². The lowest BCUT2D eigenvalue weighted by molar-refractivity contribution is -0.141. The van der Waals surface area contributed by atoms with Gasteiger partial charge in [0.25, 0.3) is 5.56 Å². The van der Waals surface area contributed by atoms with E-state index in [9.17, 15) is 24.3 Å². The standard InChI is InChI=1S/C26H27N5O6/c1-37-25(36)15-31-21-13-19(5-2-16(21)3-8-24(31)35)30(10-11-32)23(34)9-7-22(33)29-18-4-6-20-17(12-18)14-28-26(20)27/h2-6,8,12-13,32H,7,9-11,14-15H2,1H3,(H2,27,28)(H,29,33). The van der Waals surface area contributed by atoms with Gasteiger partial charge >= 0.3 is 5.97 Å². The van der Waals surface area contributed by atoms with Crippen LogP contribution in [0.4, 0.5) is 11.4 Å². The predicted octanol–water partition coefficient (Wildman–Crippen LogP) is 1.35. The van der Waals surface area contributed by atoms with Gasteiger partial charge in [0.15, 0.2) is 0 Å². The molecule has 0 bridgehead atoms. The van der Waals surface area contributed by atoms with Crippen LogP contribution in [0.2, 0.25) is 0 Å². The Labute approximate surface area is 212 Å². The first-order valence-electron chi connectivity index (χ1n) is 11.7. The zero-order chi connectivity index (χ0) is 26.5. The van der Waals surface area contributed by atoms with Crippen LogP contribution in [0, 0.1) is 5.41 Å². The number of esters is 1. The molecule has 2 aromatic carbocycles. The van der Waals surface area contributed by atoms with Crippen molar-refractivity contribution in [2.75, 3.05) is 30.5 Å². The largest absolute Gasteiger partial charge is 0.468 e. The Morgan fingerprint density at radius 3 is 2.68 bits per heavy atom. The summed E-state index contributed by atoms with van der Waals surface area (Å²) in [5.74, 6) is -0.970. The van der Waals surface area contributed by atoms with Crippen molar-refractivity contribution in [1.82, 2.24) is 9.88 Å². The molecule has 1 aliphatic heterocycles.